The summed E-state index contributed by atoms with van der Waals surface area (Å²) in [6.07, 6.45) is 4.54. The average Bonchev–Trinajstić information content (AvgIpc) is 2.63. The third-order valence-corrected chi connectivity index (χ3v) is 2.90. The molecular weight excluding hydrogens is 128 g/mol. The molecule has 0 radical (unpaired) electrons. The molecule has 0 amide bonds. The van der Waals surface area contributed by atoms with Gasteiger partial charge >= 0.3 is 5.97 Å². The van der Waals surface area contributed by atoms with Crippen LogP contribution in [0.5, 0.6) is 0 Å². The van der Waals surface area contributed by atoms with Crippen molar-refractivity contribution in [1.29, 1.82) is 0 Å². The van der Waals surface area contributed by atoms with E-state index < -0.39 is 5.97 Å². The van der Waals surface area contributed by atoms with Crippen LogP contribution in [0.3, 0.4) is 0 Å². The first kappa shape index (κ1) is 6.20. The number of fused-ring (bicyclic) bond motifs is 1. The average molecular weight is 140 g/mol. The molecule has 3 atom stereocenters. The van der Waals surface area contributed by atoms with Crippen molar-refractivity contribution in [3.05, 3.63) is 0 Å². The Hall–Kier alpha value is -0.530. The molecule has 2 nitrogen and oxygen atoms in total. The Kier molecular flexibility index (Phi) is 1.22. The van der Waals surface area contributed by atoms with Crippen LogP contribution in [0, 0.1) is 17.8 Å². The summed E-state index contributed by atoms with van der Waals surface area (Å²) in [5, 5.41) is 8.74. The monoisotopic (exact) mass is 140 g/mol. The summed E-state index contributed by atoms with van der Waals surface area (Å²) in [6, 6.07) is 0. The first-order valence-electron chi connectivity index (χ1n) is 4.02. The standard InChI is InChI=1S/C8H12O2/c9-8(10)6-3-1-2-5-4-7(5)6/h5-7H,1-4H2,(H,9,10)/t5-,6+,7+/m1/s1. The van der Waals surface area contributed by atoms with Crippen LogP contribution >= 0.6 is 0 Å². The summed E-state index contributed by atoms with van der Waals surface area (Å²) in [7, 11) is 0. The van der Waals surface area contributed by atoms with E-state index in [-0.39, 0.29) is 5.92 Å². The minimum absolute atomic E-state index is 0.0127. The third-order valence-electron chi connectivity index (χ3n) is 2.90. The second-order valence-electron chi connectivity index (χ2n) is 3.54. The fourth-order valence-electron chi connectivity index (χ4n) is 2.22. The lowest BCUT2D eigenvalue weighted by Gasteiger charge is -2.16. The predicted octanol–water partition coefficient (Wildman–Crippen LogP) is 1.51. The third kappa shape index (κ3) is 0.825. The number of hydrogen-bond acceptors (Lipinski definition) is 1. The van der Waals surface area contributed by atoms with Crippen LogP contribution in [0.25, 0.3) is 0 Å². The maximum Gasteiger partial charge on any atom is 0.306 e. The number of aliphatic carboxylic acids is 1. The van der Waals surface area contributed by atoms with Crippen molar-refractivity contribution in [2.75, 3.05) is 0 Å². The van der Waals surface area contributed by atoms with Gasteiger partial charge in [-0.3, -0.25) is 4.79 Å². The minimum Gasteiger partial charge on any atom is -0.481 e. The highest BCUT2D eigenvalue weighted by atomic mass is 16.4. The lowest BCUT2D eigenvalue weighted by atomic mass is 9.89. The van der Waals surface area contributed by atoms with Crippen molar-refractivity contribution in [3.8, 4) is 0 Å². The first-order chi connectivity index (χ1) is 4.79. The summed E-state index contributed by atoms with van der Waals surface area (Å²) in [5.74, 6) is 0.798. The van der Waals surface area contributed by atoms with Gasteiger partial charge < -0.3 is 5.11 Å². The van der Waals surface area contributed by atoms with Crippen LogP contribution in [0.2, 0.25) is 0 Å². The van der Waals surface area contributed by atoms with E-state index in [1.807, 2.05) is 0 Å². The molecule has 0 heterocycles. The van der Waals surface area contributed by atoms with E-state index >= 15 is 0 Å². The van der Waals surface area contributed by atoms with Crippen molar-refractivity contribution < 1.29 is 9.90 Å². The summed E-state index contributed by atoms with van der Waals surface area (Å²) >= 11 is 0. The molecule has 0 saturated heterocycles. The number of carbonyl (C=O) groups is 1. The molecule has 0 aliphatic heterocycles. The summed E-state index contributed by atoms with van der Waals surface area (Å²) in [6.45, 7) is 0. The lowest BCUT2D eigenvalue weighted by Crippen LogP contribution is -2.19. The van der Waals surface area contributed by atoms with Crippen molar-refractivity contribution >= 4 is 5.97 Å². The Morgan fingerprint density at radius 3 is 2.80 bits per heavy atom. The molecule has 0 unspecified atom stereocenters. The molecule has 56 valence electrons. The maximum absolute atomic E-state index is 10.6. The molecule has 2 fully saturated rings. The number of carboxylic acid groups (broad SMARTS) is 1. The van der Waals surface area contributed by atoms with E-state index in [4.69, 9.17) is 5.11 Å². The molecule has 10 heavy (non-hydrogen) atoms. The minimum atomic E-state index is -0.563. The van der Waals surface area contributed by atoms with Crippen LogP contribution in [0.15, 0.2) is 0 Å². The van der Waals surface area contributed by atoms with Gasteiger partial charge in [0, 0.05) is 0 Å². The first-order valence-corrected chi connectivity index (χ1v) is 4.02. The van der Waals surface area contributed by atoms with Gasteiger partial charge in [-0.1, -0.05) is 12.8 Å². The number of hydrogen-bond donors (Lipinski definition) is 1. The molecule has 2 aliphatic carbocycles. The Labute approximate surface area is 60.2 Å². The van der Waals surface area contributed by atoms with Gasteiger partial charge in [0.15, 0.2) is 0 Å². The molecule has 0 aromatic rings. The Morgan fingerprint density at radius 1 is 1.40 bits per heavy atom. The Bertz CT molecular complexity index is 165. The fourth-order valence-corrected chi connectivity index (χ4v) is 2.22. The summed E-state index contributed by atoms with van der Waals surface area (Å²) in [4.78, 5) is 10.6. The zero-order valence-corrected chi connectivity index (χ0v) is 5.92. The van der Waals surface area contributed by atoms with Crippen LogP contribution in [0.4, 0.5) is 0 Å². The number of carboxylic acids is 1. The SMILES string of the molecule is O=C(O)[C@H]1CCC[C@@H]2C[C@@H]21. The highest BCUT2D eigenvalue weighted by molar-refractivity contribution is 5.71. The zero-order chi connectivity index (χ0) is 7.14. The van der Waals surface area contributed by atoms with E-state index in [0.717, 1.165) is 18.8 Å². The van der Waals surface area contributed by atoms with Gasteiger partial charge in [-0.2, -0.15) is 0 Å². The van der Waals surface area contributed by atoms with Crippen LogP contribution in [-0.2, 0) is 4.79 Å². The molecule has 0 bridgehead atoms. The van der Waals surface area contributed by atoms with Crippen LogP contribution in [-0.4, -0.2) is 11.1 Å². The molecule has 2 heteroatoms. The van der Waals surface area contributed by atoms with Crippen molar-refractivity contribution in [1.82, 2.24) is 0 Å². The van der Waals surface area contributed by atoms with Gasteiger partial charge in [-0.15, -0.1) is 0 Å². The molecule has 2 saturated carbocycles. The molecule has 1 N–H and O–H groups in total. The van der Waals surface area contributed by atoms with Gasteiger partial charge in [0.05, 0.1) is 5.92 Å². The molecular formula is C8H12O2. The van der Waals surface area contributed by atoms with E-state index in [0.29, 0.717) is 5.92 Å². The summed E-state index contributed by atoms with van der Waals surface area (Å²) < 4.78 is 0. The topological polar surface area (TPSA) is 37.3 Å². The van der Waals surface area contributed by atoms with Gasteiger partial charge in [0.1, 0.15) is 0 Å². The predicted molar refractivity (Wildman–Crippen MR) is 36.6 cm³/mol. The van der Waals surface area contributed by atoms with Gasteiger partial charge in [-0.05, 0) is 24.7 Å². The van der Waals surface area contributed by atoms with Crippen molar-refractivity contribution in [2.24, 2.45) is 17.8 Å². The molecule has 0 aromatic carbocycles. The molecule has 0 aromatic heterocycles. The second kappa shape index (κ2) is 1.97. The van der Waals surface area contributed by atoms with Gasteiger partial charge in [0.25, 0.3) is 0 Å². The largest absolute Gasteiger partial charge is 0.481 e. The van der Waals surface area contributed by atoms with Crippen LogP contribution < -0.4 is 0 Å². The number of rotatable bonds is 1. The maximum atomic E-state index is 10.6. The van der Waals surface area contributed by atoms with Crippen molar-refractivity contribution in [3.63, 3.8) is 0 Å². The van der Waals surface area contributed by atoms with E-state index in [9.17, 15) is 4.79 Å². The van der Waals surface area contributed by atoms with Crippen molar-refractivity contribution in [2.45, 2.75) is 25.7 Å². The quantitative estimate of drug-likeness (QED) is 0.599. The molecule has 0 spiro atoms. The smallest absolute Gasteiger partial charge is 0.306 e. The normalized spacial score (nSPS) is 44.2. The zero-order valence-electron chi connectivity index (χ0n) is 5.92. The highest BCUT2D eigenvalue weighted by Gasteiger charge is 2.47. The lowest BCUT2D eigenvalue weighted by molar-refractivity contribution is -0.143. The van der Waals surface area contributed by atoms with Gasteiger partial charge in [0.2, 0.25) is 0 Å². The summed E-state index contributed by atoms with van der Waals surface area (Å²) in [5.41, 5.74) is 0. The molecule has 2 rings (SSSR count). The second-order valence-corrected chi connectivity index (χ2v) is 3.54. The molecule has 2 aliphatic rings. The Balaban J connectivity index is 2.02. The fraction of sp³-hybridized carbons (Fsp3) is 0.875. The Morgan fingerprint density at radius 2 is 2.20 bits per heavy atom. The van der Waals surface area contributed by atoms with E-state index in [2.05, 4.69) is 0 Å². The van der Waals surface area contributed by atoms with E-state index in [1.54, 1.807) is 0 Å². The highest BCUT2D eigenvalue weighted by Crippen LogP contribution is 2.52. The van der Waals surface area contributed by atoms with E-state index in [1.165, 1.54) is 12.8 Å². The van der Waals surface area contributed by atoms with Gasteiger partial charge in [-0.25, -0.2) is 0 Å². The van der Waals surface area contributed by atoms with Crippen LogP contribution in [0.1, 0.15) is 25.7 Å².